The molecular weight excluding hydrogens is 714 g/mol. The topological polar surface area (TPSA) is 318 Å². The van der Waals surface area contributed by atoms with Crippen LogP contribution in [0.4, 0.5) is 5.69 Å². The van der Waals surface area contributed by atoms with Crippen LogP contribution in [0.5, 0.6) is 0 Å². The second kappa shape index (κ2) is 20.5. The van der Waals surface area contributed by atoms with Crippen molar-refractivity contribution in [2.24, 2.45) is 17.6 Å². The average molecular weight is 764 g/mol. The molecule has 1 aliphatic rings. The van der Waals surface area contributed by atoms with Crippen LogP contribution in [0.25, 0.3) is 0 Å². The van der Waals surface area contributed by atoms with Crippen LogP contribution in [0.15, 0.2) is 24.3 Å². The molecule has 298 valence electrons. The molecule has 6 atom stereocenters. The largest absolute Gasteiger partial charge is 0.481 e. The number of nitrogens with two attached hydrogens (primary N) is 1. The Bertz CT molecular complexity index is 1580. The predicted octanol–water partition coefficient (Wildman–Crippen LogP) is -0.479. The summed E-state index contributed by atoms with van der Waals surface area (Å²) in [7, 11) is 0. The molecular formula is C34H49N7O13. The van der Waals surface area contributed by atoms with Gasteiger partial charge in [-0.25, -0.2) is 4.79 Å². The van der Waals surface area contributed by atoms with Gasteiger partial charge in [0.1, 0.15) is 30.2 Å². The van der Waals surface area contributed by atoms with E-state index in [0.717, 1.165) is 4.90 Å². The molecule has 1 aromatic carbocycles. The average Bonchev–Trinajstić information content (AvgIpc) is 3.58. The molecule has 0 aliphatic carbocycles. The Hall–Kier alpha value is -5.66. The summed E-state index contributed by atoms with van der Waals surface area (Å²) in [6.07, 6.45) is -1.34. The lowest BCUT2D eigenvalue weighted by Gasteiger charge is -2.31. The van der Waals surface area contributed by atoms with Crippen molar-refractivity contribution in [3.63, 3.8) is 0 Å². The lowest BCUT2D eigenvalue weighted by molar-refractivity contribution is -0.384. The number of hydrogen-bond acceptors (Lipinski definition) is 11. The number of nitrogens with one attached hydrogen (secondary N) is 4. The Kier molecular flexibility index (Phi) is 16.9. The lowest BCUT2D eigenvalue weighted by Crippen LogP contribution is -2.60. The SMILES string of the molecule is CC(C)C[C@H](NC(=O)[C@@H](NC(=O)[C@@H](N)CCC(=O)O)C(C)C)C(=O)N[C@@H](Cc1cccc([N+](=O)[O-])c1)C(=O)N1CCC[C@@H]1C(=O)N[C@@H](CC(=O)O)C(=O)O. The number of likely N-dealkylation sites (tertiary alicyclic amines) is 1. The first-order valence-corrected chi connectivity index (χ1v) is 17.4. The molecule has 9 N–H and O–H groups in total. The minimum atomic E-state index is -1.78. The number of carbonyl (C=O) groups excluding carboxylic acids is 5. The van der Waals surface area contributed by atoms with E-state index in [9.17, 15) is 53.6 Å². The minimum Gasteiger partial charge on any atom is -0.481 e. The van der Waals surface area contributed by atoms with Gasteiger partial charge in [0.05, 0.1) is 17.4 Å². The van der Waals surface area contributed by atoms with Gasteiger partial charge in [-0.05, 0) is 43.1 Å². The van der Waals surface area contributed by atoms with Gasteiger partial charge in [-0.1, -0.05) is 39.8 Å². The van der Waals surface area contributed by atoms with Crippen molar-refractivity contribution >= 4 is 53.1 Å². The highest BCUT2D eigenvalue weighted by Crippen LogP contribution is 2.22. The third kappa shape index (κ3) is 13.7. The van der Waals surface area contributed by atoms with Crippen LogP contribution < -0.4 is 27.0 Å². The van der Waals surface area contributed by atoms with Gasteiger partial charge in [0.2, 0.25) is 29.5 Å². The van der Waals surface area contributed by atoms with E-state index in [-0.39, 0.29) is 55.8 Å². The van der Waals surface area contributed by atoms with Gasteiger partial charge in [0, 0.05) is 31.5 Å². The van der Waals surface area contributed by atoms with Crippen molar-refractivity contribution in [1.82, 2.24) is 26.2 Å². The van der Waals surface area contributed by atoms with E-state index in [4.69, 9.17) is 15.9 Å². The minimum absolute atomic E-state index is 0.00538. The van der Waals surface area contributed by atoms with Gasteiger partial charge in [-0.2, -0.15) is 0 Å². The highest BCUT2D eigenvalue weighted by molar-refractivity contribution is 5.97. The number of nitro benzene ring substituents is 1. The number of amides is 5. The number of carboxylic acids is 3. The molecule has 1 heterocycles. The summed E-state index contributed by atoms with van der Waals surface area (Å²) in [5.41, 5.74) is 5.79. The van der Waals surface area contributed by atoms with E-state index < -0.39 is 101 Å². The molecule has 1 saturated heterocycles. The number of carbonyl (C=O) groups is 8. The second-order valence-electron chi connectivity index (χ2n) is 13.8. The fourth-order valence-electron chi connectivity index (χ4n) is 5.82. The molecule has 0 radical (unpaired) electrons. The summed E-state index contributed by atoms with van der Waals surface area (Å²) < 4.78 is 0. The Morgan fingerprint density at radius 1 is 0.889 bits per heavy atom. The number of nitro groups is 1. The number of aliphatic carboxylic acids is 3. The number of carboxylic acid groups (broad SMARTS) is 3. The van der Waals surface area contributed by atoms with Crippen LogP contribution >= 0.6 is 0 Å². The first kappa shape index (κ1) is 44.5. The highest BCUT2D eigenvalue weighted by Gasteiger charge is 2.40. The van der Waals surface area contributed by atoms with E-state index >= 15 is 0 Å². The Morgan fingerprint density at radius 2 is 1.54 bits per heavy atom. The zero-order chi connectivity index (χ0) is 40.9. The molecule has 0 bridgehead atoms. The summed E-state index contributed by atoms with van der Waals surface area (Å²) in [5, 5.41) is 48.8. The lowest BCUT2D eigenvalue weighted by atomic mass is 9.98. The molecule has 54 heavy (non-hydrogen) atoms. The zero-order valence-electron chi connectivity index (χ0n) is 30.5. The van der Waals surface area contributed by atoms with E-state index in [2.05, 4.69) is 21.3 Å². The second-order valence-corrected chi connectivity index (χ2v) is 13.8. The zero-order valence-corrected chi connectivity index (χ0v) is 30.5. The van der Waals surface area contributed by atoms with Crippen LogP contribution in [0, 0.1) is 22.0 Å². The van der Waals surface area contributed by atoms with Gasteiger partial charge in [-0.3, -0.25) is 43.7 Å². The van der Waals surface area contributed by atoms with Crippen molar-refractivity contribution in [1.29, 1.82) is 0 Å². The maximum atomic E-state index is 14.2. The number of benzene rings is 1. The van der Waals surface area contributed by atoms with Gasteiger partial charge in [0.15, 0.2) is 0 Å². The number of nitrogens with zero attached hydrogens (tertiary/aromatic N) is 2. The van der Waals surface area contributed by atoms with E-state index in [1.54, 1.807) is 27.7 Å². The first-order chi connectivity index (χ1) is 25.2. The Morgan fingerprint density at radius 3 is 2.09 bits per heavy atom. The number of rotatable bonds is 21. The van der Waals surface area contributed by atoms with Crippen molar-refractivity contribution in [3.8, 4) is 0 Å². The molecule has 1 aliphatic heterocycles. The molecule has 20 heteroatoms. The van der Waals surface area contributed by atoms with Crippen LogP contribution in [0.2, 0.25) is 0 Å². The molecule has 2 rings (SSSR count). The first-order valence-electron chi connectivity index (χ1n) is 17.4. The summed E-state index contributed by atoms with van der Waals surface area (Å²) in [4.78, 5) is 113. The van der Waals surface area contributed by atoms with Crippen LogP contribution in [-0.2, 0) is 44.8 Å². The molecule has 0 aromatic heterocycles. The van der Waals surface area contributed by atoms with Gasteiger partial charge in [0.25, 0.3) is 5.69 Å². The summed E-state index contributed by atoms with van der Waals surface area (Å²) in [6, 6.07) is -2.87. The van der Waals surface area contributed by atoms with E-state index in [1.165, 1.54) is 24.3 Å². The van der Waals surface area contributed by atoms with E-state index in [0.29, 0.717) is 6.42 Å². The molecule has 20 nitrogen and oxygen atoms in total. The maximum absolute atomic E-state index is 14.2. The smallest absolute Gasteiger partial charge is 0.326 e. The van der Waals surface area contributed by atoms with Crippen molar-refractivity contribution in [3.05, 3.63) is 39.9 Å². The quantitative estimate of drug-likeness (QED) is 0.0580. The van der Waals surface area contributed by atoms with Crippen LogP contribution in [-0.4, -0.2) is 115 Å². The summed E-state index contributed by atoms with van der Waals surface area (Å²) in [6.45, 7) is 6.79. The number of non-ortho nitro benzene ring substituents is 1. The fourth-order valence-corrected chi connectivity index (χ4v) is 5.82. The molecule has 1 fully saturated rings. The van der Waals surface area contributed by atoms with Gasteiger partial charge >= 0.3 is 17.9 Å². The van der Waals surface area contributed by atoms with Crippen molar-refractivity contribution < 1.29 is 58.6 Å². The third-order valence-corrected chi connectivity index (χ3v) is 8.60. The van der Waals surface area contributed by atoms with Crippen LogP contribution in [0.3, 0.4) is 0 Å². The standard InChI is InChI=1S/C34H49N7O13/c1-17(2)13-22(36-32(49)28(18(3)4)39-29(46)21(35)10-11-26(42)43)30(47)37-23(15-19-7-5-8-20(14-19)41(53)54)33(50)40-12-6-9-25(40)31(48)38-24(34(51)52)16-27(44)45/h5,7-8,14,17-18,21-25,28H,6,9-13,15-16,35H2,1-4H3,(H,36,49)(H,37,47)(H,38,48)(H,39,46)(H,42,43)(H,44,45)(H,51,52)/t21-,22-,23-,24-,25+,28-/m0/s1. The molecule has 0 unspecified atom stereocenters. The fraction of sp³-hybridized carbons (Fsp3) is 0.588. The summed E-state index contributed by atoms with van der Waals surface area (Å²) in [5.74, 6) is -9.05. The van der Waals surface area contributed by atoms with Crippen molar-refractivity contribution in [2.45, 2.75) is 109 Å². The summed E-state index contributed by atoms with van der Waals surface area (Å²) >= 11 is 0. The van der Waals surface area contributed by atoms with E-state index in [1.807, 2.05) is 0 Å². The Balaban J connectivity index is 2.41. The normalized spacial score (nSPS) is 16.7. The predicted molar refractivity (Wildman–Crippen MR) is 188 cm³/mol. The monoisotopic (exact) mass is 763 g/mol. The Labute approximate surface area is 310 Å². The molecule has 0 saturated carbocycles. The third-order valence-electron chi connectivity index (χ3n) is 8.60. The molecule has 1 aromatic rings. The molecule has 0 spiro atoms. The number of hydrogen-bond donors (Lipinski definition) is 8. The van der Waals surface area contributed by atoms with Crippen molar-refractivity contribution in [2.75, 3.05) is 6.54 Å². The highest BCUT2D eigenvalue weighted by atomic mass is 16.6. The van der Waals surface area contributed by atoms with Gasteiger partial charge in [-0.15, -0.1) is 0 Å². The van der Waals surface area contributed by atoms with Crippen LogP contribution in [0.1, 0.15) is 71.8 Å². The molecule has 5 amide bonds. The maximum Gasteiger partial charge on any atom is 0.326 e. The van der Waals surface area contributed by atoms with Gasteiger partial charge < -0.3 is 47.2 Å².